The summed E-state index contributed by atoms with van der Waals surface area (Å²) in [6, 6.07) is 8.19. The summed E-state index contributed by atoms with van der Waals surface area (Å²) in [5.74, 6) is -4.78. The Morgan fingerprint density at radius 3 is 2.45 bits per heavy atom. The summed E-state index contributed by atoms with van der Waals surface area (Å²) in [6.45, 7) is 1.89. The van der Waals surface area contributed by atoms with Crippen molar-refractivity contribution in [1.82, 2.24) is 15.3 Å². The molecule has 2 aromatic carbocycles. The normalized spacial score (nSPS) is 11.7. The molecule has 0 atom stereocenters. The van der Waals surface area contributed by atoms with Crippen molar-refractivity contribution in [3.63, 3.8) is 0 Å². The molecule has 0 aliphatic heterocycles. The SMILES string of the molecule is O=C(O)c1ccc2c(c1)nc(NCCOCCCCNCc1cc(F)c(OC(F)(F)F)c(F)c1)c1ccncc12. The largest absolute Gasteiger partial charge is 0.573 e. The first kappa shape index (κ1) is 28.9. The zero-order valence-electron chi connectivity index (χ0n) is 21.0. The van der Waals surface area contributed by atoms with Gasteiger partial charge < -0.3 is 25.2 Å². The molecular weight excluding hydrogens is 539 g/mol. The number of rotatable bonds is 13. The molecule has 40 heavy (non-hydrogen) atoms. The summed E-state index contributed by atoms with van der Waals surface area (Å²) in [5.41, 5.74) is 0.823. The number of ether oxygens (including phenoxy) is 2. The van der Waals surface area contributed by atoms with Crippen molar-refractivity contribution < 1.29 is 41.3 Å². The molecule has 0 spiro atoms. The molecule has 8 nitrogen and oxygen atoms in total. The van der Waals surface area contributed by atoms with Crippen LogP contribution in [0.2, 0.25) is 0 Å². The Kier molecular flexibility index (Phi) is 9.27. The van der Waals surface area contributed by atoms with Gasteiger partial charge in [-0.1, -0.05) is 6.07 Å². The molecule has 0 unspecified atom stereocenters. The fourth-order valence-electron chi connectivity index (χ4n) is 4.07. The Hall–Kier alpha value is -4.10. The highest BCUT2D eigenvalue weighted by Crippen LogP contribution is 2.30. The second-order valence-corrected chi connectivity index (χ2v) is 8.78. The van der Waals surface area contributed by atoms with Gasteiger partial charge in [0.05, 0.1) is 17.7 Å². The molecule has 0 aliphatic rings. The number of carboxylic acid groups (broad SMARTS) is 1. The molecule has 0 amide bonds. The van der Waals surface area contributed by atoms with E-state index in [4.69, 9.17) is 4.74 Å². The molecule has 0 saturated carbocycles. The van der Waals surface area contributed by atoms with E-state index in [9.17, 15) is 31.9 Å². The van der Waals surface area contributed by atoms with Gasteiger partial charge in [-0.2, -0.15) is 0 Å². The summed E-state index contributed by atoms with van der Waals surface area (Å²) < 4.78 is 73.3. The molecule has 0 saturated heterocycles. The van der Waals surface area contributed by atoms with Gasteiger partial charge in [0.25, 0.3) is 0 Å². The number of anilines is 1. The number of halogens is 5. The van der Waals surface area contributed by atoms with Crippen molar-refractivity contribution in [2.24, 2.45) is 0 Å². The molecular formula is C27H25F5N4O4. The van der Waals surface area contributed by atoms with Crippen LogP contribution in [0.25, 0.3) is 21.7 Å². The van der Waals surface area contributed by atoms with E-state index in [1.165, 1.54) is 12.1 Å². The number of aromatic nitrogens is 2. The van der Waals surface area contributed by atoms with Crippen LogP contribution < -0.4 is 15.4 Å². The van der Waals surface area contributed by atoms with Gasteiger partial charge in [-0.3, -0.25) is 4.98 Å². The van der Waals surface area contributed by atoms with E-state index in [0.717, 1.165) is 28.3 Å². The molecule has 0 bridgehead atoms. The first-order valence-corrected chi connectivity index (χ1v) is 12.3. The Balaban J connectivity index is 1.18. The van der Waals surface area contributed by atoms with Gasteiger partial charge in [-0.05, 0) is 55.3 Å². The summed E-state index contributed by atoms with van der Waals surface area (Å²) in [6.07, 6.45) is -0.424. The Morgan fingerprint density at radius 1 is 0.950 bits per heavy atom. The molecule has 4 rings (SSSR count). The van der Waals surface area contributed by atoms with E-state index < -0.39 is 29.7 Å². The highest BCUT2D eigenvalue weighted by Gasteiger charge is 2.34. The van der Waals surface area contributed by atoms with Crippen LogP contribution in [0, 0.1) is 11.6 Å². The van der Waals surface area contributed by atoms with Gasteiger partial charge in [-0.15, -0.1) is 13.2 Å². The minimum atomic E-state index is -5.19. The number of nitrogens with zero attached hydrogens (tertiary/aromatic N) is 2. The highest BCUT2D eigenvalue weighted by molar-refractivity contribution is 6.10. The lowest BCUT2D eigenvalue weighted by molar-refractivity contribution is -0.276. The maximum absolute atomic E-state index is 13.8. The molecule has 0 aliphatic carbocycles. The molecule has 0 fully saturated rings. The van der Waals surface area contributed by atoms with Gasteiger partial charge in [-0.25, -0.2) is 18.6 Å². The number of carbonyl (C=O) groups is 1. The zero-order chi connectivity index (χ0) is 28.7. The minimum absolute atomic E-state index is 0.0705. The van der Waals surface area contributed by atoms with Crippen LogP contribution in [-0.2, 0) is 11.3 Å². The fraction of sp³-hybridized carbons (Fsp3) is 0.296. The van der Waals surface area contributed by atoms with Crippen LogP contribution in [0.3, 0.4) is 0 Å². The first-order chi connectivity index (χ1) is 19.1. The Labute approximate surface area is 225 Å². The lowest BCUT2D eigenvalue weighted by Crippen LogP contribution is -2.20. The van der Waals surface area contributed by atoms with Gasteiger partial charge >= 0.3 is 12.3 Å². The average molecular weight is 565 g/mol. The second-order valence-electron chi connectivity index (χ2n) is 8.78. The number of aromatic carboxylic acids is 1. The van der Waals surface area contributed by atoms with Crippen molar-refractivity contribution in [3.05, 3.63) is 71.6 Å². The number of nitrogens with one attached hydrogen (secondary N) is 2. The molecule has 2 heterocycles. The van der Waals surface area contributed by atoms with Crippen LogP contribution >= 0.6 is 0 Å². The third-order valence-electron chi connectivity index (χ3n) is 5.88. The number of unbranched alkanes of at least 4 members (excludes halogenated alkanes) is 1. The van der Waals surface area contributed by atoms with E-state index in [1.807, 2.05) is 6.07 Å². The number of alkyl halides is 3. The number of pyridine rings is 2. The van der Waals surface area contributed by atoms with E-state index >= 15 is 0 Å². The smallest absolute Gasteiger partial charge is 0.478 e. The van der Waals surface area contributed by atoms with Crippen molar-refractivity contribution in [1.29, 1.82) is 0 Å². The standard InChI is InChI=1S/C27H25F5N4O4/c28-21-11-16(12-22(29)24(21)40-27(30,31)32)14-33-6-1-2-9-39-10-8-35-25-19-5-7-34-15-20(19)18-4-3-17(26(37)38)13-23(18)36-25/h3-5,7,11-13,15,33H,1-2,6,8-10,14H2,(H,35,36)(H,37,38). The minimum Gasteiger partial charge on any atom is -0.478 e. The van der Waals surface area contributed by atoms with Crippen LogP contribution in [-0.4, -0.2) is 53.7 Å². The van der Waals surface area contributed by atoms with Gasteiger partial charge in [0, 0.05) is 48.2 Å². The van der Waals surface area contributed by atoms with E-state index in [1.54, 1.807) is 18.5 Å². The number of hydrogen-bond acceptors (Lipinski definition) is 7. The maximum Gasteiger partial charge on any atom is 0.573 e. The van der Waals surface area contributed by atoms with Crippen molar-refractivity contribution in [2.75, 3.05) is 31.6 Å². The first-order valence-electron chi connectivity index (χ1n) is 12.3. The fourth-order valence-corrected chi connectivity index (χ4v) is 4.07. The third-order valence-corrected chi connectivity index (χ3v) is 5.88. The Morgan fingerprint density at radius 2 is 1.73 bits per heavy atom. The summed E-state index contributed by atoms with van der Waals surface area (Å²) in [4.78, 5) is 20.1. The van der Waals surface area contributed by atoms with Gasteiger partial charge in [0.1, 0.15) is 5.82 Å². The summed E-state index contributed by atoms with van der Waals surface area (Å²) in [5, 5.41) is 18.0. The lowest BCUT2D eigenvalue weighted by atomic mass is 10.1. The number of hydrogen-bond donors (Lipinski definition) is 3. The monoisotopic (exact) mass is 564 g/mol. The highest BCUT2D eigenvalue weighted by atomic mass is 19.4. The van der Waals surface area contributed by atoms with Gasteiger partial charge in [0.2, 0.25) is 5.75 Å². The van der Waals surface area contributed by atoms with E-state index in [2.05, 4.69) is 25.3 Å². The quantitative estimate of drug-likeness (QED) is 0.109. The predicted octanol–water partition coefficient (Wildman–Crippen LogP) is 5.66. The zero-order valence-corrected chi connectivity index (χ0v) is 21.0. The van der Waals surface area contributed by atoms with Crippen molar-refractivity contribution in [3.8, 4) is 5.75 Å². The molecule has 0 radical (unpaired) electrons. The Bertz CT molecular complexity index is 1480. The molecule has 13 heteroatoms. The number of fused-ring (bicyclic) bond motifs is 3. The topological polar surface area (TPSA) is 106 Å². The third kappa shape index (κ3) is 7.51. The lowest BCUT2D eigenvalue weighted by Gasteiger charge is -2.12. The summed E-state index contributed by atoms with van der Waals surface area (Å²) in [7, 11) is 0. The van der Waals surface area contributed by atoms with Crippen LogP contribution in [0.15, 0.2) is 48.8 Å². The second kappa shape index (κ2) is 12.8. The van der Waals surface area contributed by atoms with Gasteiger partial charge in [0.15, 0.2) is 11.6 Å². The van der Waals surface area contributed by atoms with Crippen LogP contribution in [0.1, 0.15) is 28.8 Å². The van der Waals surface area contributed by atoms with Crippen LogP contribution in [0.4, 0.5) is 27.8 Å². The summed E-state index contributed by atoms with van der Waals surface area (Å²) >= 11 is 0. The average Bonchev–Trinajstić information content (AvgIpc) is 2.91. The molecule has 3 N–H and O–H groups in total. The van der Waals surface area contributed by atoms with E-state index in [0.29, 0.717) is 50.5 Å². The number of benzene rings is 2. The maximum atomic E-state index is 13.8. The van der Waals surface area contributed by atoms with Crippen LogP contribution in [0.5, 0.6) is 5.75 Å². The predicted molar refractivity (Wildman–Crippen MR) is 137 cm³/mol. The molecule has 4 aromatic rings. The van der Waals surface area contributed by atoms with E-state index in [-0.39, 0.29) is 17.7 Å². The van der Waals surface area contributed by atoms with Crippen molar-refractivity contribution >= 4 is 33.5 Å². The number of carboxylic acids is 1. The van der Waals surface area contributed by atoms with Crippen molar-refractivity contribution in [2.45, 2.75) is 25.7 Å². The molecule has 2 aromatic heterocycles. The molecule has 212 valence electrons.